The third-order valence-electron chi connectivity index (χ3n) is 6.49. The van der Waals surface area contributed by atoms with E-state index in [1.165, 1.54) is 28.9 Å². The monoisotopic (exact) mass is 511 g/mol. The Morgan fingerprint density at radius 3 is 2.39 bits per heavy atom. The molecule has 0 aliphatic carbocycles. The van der Waals surface area contributed by atoms with Gasteiger partial charge < -0.3 is 4.90 Å². The molecule has 0 spiro atoms. The zero-order valence-corrected chi connectivity index (χ0v) is 20.6. The van der Waals surface area contributed by atoms with Crippen LogP contribution < -0.4 is 0 Å². The number of hydrogen-bond acceptors (Lipinski definition) is 5. The van der Waals surface area contributed by atoms with Crippen LogP contribution in [0, 0.1) is 15.9 Å². The lowest BCUT2D eigenvalue weighted by Gasteiger charge is -2.34. The van der Waals surface area contributed by atoms with Crippen LogP contribution >= 0.6 is 0 Å². The number of halogens is 1. The smallest absolute Gasteiger partial charge is 0.272 e. The maximum absolute atomic E-state index is 13.7. The first-order valence-electron chi connectivity index (χ1n) is 12.3. The number of nitro groups is 1. The van der Waals surface area contributed by atoms with Gasteiger partial charge in [-0.1, -0.05) is 48.6 Å². The van der Waals surface area contributed by atoms with Crippen molar-refractivity contribution in [1.82, 2.24) is 19.6 Å². The lowest BCUT2D eigenvalue weighted by atomic mass is 10.1. The van der Waals surface area contributed by atoms with Crippen LogP contribution in [-0.2, 0) is 0 Å². The van der Waals surface area contributed by atoms with Crippen molar-refractivity contribution < 1.29 is 14.1 Å². The van der Waals surface area contributed by atoms with Gasteiger partial charge in [0, 0.05) is 50.4 Å². The van der Waals surface area contributed by atoms with Crippen molar-refractivity contribution >= 4 is 17.7 Å². The third kappa shape index (κ3) is 5.68. The van der Waals surface area contributed by atoms with Crippen LogP contribution in [0.5, 0.6) is 0 Å². The fourth-order valence-corrected chi connectivity index (χ4v) is 4.43. The Bertz CT molecular complexity index is 1460. The lowest BCUT2D eigenvalue weighted by molar-refractivity contribution is -0.384. The molecule has 1 aliphatic heterocycles. The van der Waals surface area contributed by atoms with Crippen molar-refractivity contribution in [3.8, 4) is 16.9 Å². The van der Waals surface area contributed by atoms with Gasteiger partial charge in [-0.3, -0.25) is 19.8 Å². The van der Waals surface area contributed by atoms with Gasteiger partial charge in [-0.15, -0.1) is 0 Å². The summed E-state index contributed by atoms with van der Waals surface area (Å²) in [6.45, 7) is 3.33. The Morgan fingerprint density at radius 1 is 0.947 bits per heavy atom. The summed E-state index contributed by atoms with van der Waals surface area (Å²) in [6.07, 6.45) is 4.21. The second-order valence-electron chi connectivity index (χ2n) is 9.02. The van der Waals surface area contributed by atoms with Crippen molar-refractivity contribution in [1.29, 1.82) is 0 Å². The molecular weight excluding hydrogens is 485 g/mol. The van der Waals surface area contributed by atoms with Crippen LogP contribution in [-0.4, -0.2) is 63.1 Å². The molecule has 192 valence electrons. The quantitative estimate of drug-likeness (QED) is 0.256. The molecule has 4 aromatic rings. The summed E-state index contributed by atoms with van der Waals surface area (Å²) in [5, 5.41) is 15.9. The standard InChI is InChI=1S/C29H26FN5O3/c30-24-13-11-23(12-14-24)27-21-28(34(31-27)25-9-4-10-26(20-25)35(37)38)29(36)33-18-16-32(17-19-33)15-5-8-22-6-2-1-3-7-22/h1-14,20-21H,15-19H2/b8-5+. The van der Waals surface area contributed by atoms with E-state index in [0.29, 0.717) is 35.7 Å². The van der Waals surface area contributed by atoms with E-state index in [-0.39, 0.29) is 17.4 Å². The number of hydrogen-bond donors (Lipinski definition) is 0. The average molecular weight is 512 g/mol. The third-order valence-corrected chi connectivity index (χ3v) is 6.49. The van der Waals surface area contributed by atoms with Gasteiger partial charge in [-0.05, 0) is 42.0 Å². The summed E-state index contributed by atoms with van der Waals surface area (Å²) in [6, 6.07) is 23.6. The highest BCUT2D eigenvalue weighted by molar-refractivity contribution is 5.94. The van der Waals surface area contributed by atoms with E-state index in [0.717, 1.165) is 25.2 Å². The Hall–Kier alpha value is -4.63. The van der Waals surface area contributed by atoms with E-state index in [1.807, 2.05) is 18.2 Å². The Morgan fingerprint density at radius 2 is 1.68 bits per heavy atom. The highest BCUT2D eigenvalue weighted by atomic mass is 19.1. The Balaban J connectivity index is 1.35. The fourth-order valence-electron chi connectivity index (χ4n) is 4.43. The van der Waals surface area contributed by atoms with E-state index < -0.39 is 4.92 Å². The highest BCUT2D eigenvalue weighted by Gasteiger charge is 2.26. The number of carbonyl (C=O) groups is 1. The largest absolute Gasteiger partial charge is 0.335 e. The van der Waals surface area contributed by atoms with E-state index >= 15 is 0 Å². The summed E-state index contributed by atoms with van der Waals surface area (Å²) in [5.74, 6) is -0.587. The van der Waals surface area contributed by atoms with E-state index in [1.54, 1.807) is 35.2 Å². The topological polar surface area (TPSA) is 84.5 Å². The van der Waals surface area contributed by atoms with Gasteiger partial charge in [0.1, 0.15) is 11.5 Å². The molecule has 1 amide bonds. The maximum atomic E-state index is 13.7. The van der Waals surface area contributed by atoms with Crippen molar-refractivity contribution in [3.63, 3.8) is 0 Å². The summed E-state index contributed by atoms with van der Waals surface area (Å²) in [7, 11) is 0. The predicted molar refractivity (Wildman–Crippen MR) is 143 cm³/mol. The molecule has 0 saturated carbocycles. The first-order chi connectivity index (χ1) is 18.5. The van der Waals surface area contributed by atoms with Crippen LogP contribution in [0.4, 0.5) is 10.1 Å². The van der Waals surface area contributed by atoms with Crippen molar-refractivity contribution in [2.45, 2.75) is 0 Å². The van der Waals surface area contributed by atoms with Crippen LogP contribution in [0.15, 0.2) is 91.0 Å². The van der Waals surface area contributed by atoms with E-state index in [2.05, 4.69) is 34.3 Å². The molecular formula is C29H26FN5O3. The normalized spacial score (nSPS) is 14.2. The molecule has 0 N–H and O–H groups in total. The molecule has 0 radical (unpaired) electrons. The minimum atomic E-state index is -0.485. The van der Waals surface area contributed by atoms with Crippen molar-refractivity contribution in [2.75, 3.05) is 32.7 Å². The van der Waals surface area contributed by atoms with Gasteiger partial charge in [0.2, 0.25) is 0 Å². The zero-order valence-electron chi connectivity index (χ0n) is 20.6. The number of aromatic nitrogens is 2. The Kier molecular flexibility index (Phi) is 7.37. The first-order valence-corrected chi connectivity index (χ1v) is 12.3. The molecule has 1 aliphatic rings. The van der Waals surface area contributed by atoms with Gasteiger partial charge in [-0.25, -0.2) is 9.07 Å². The first kappa shape index (κ1) is 25.0. The molecule has 1 saturated heterocycles. The Labute approximate surface area is 219 Å². The number of carbonyl (C=O) groups excluding carboxylic acids is 1. The van der Waals surface area contributed by atoms with Crippen molar-refractivity contribution in [2.24, 2.45) is 0 Å². The molecule has 8 nitrogen and oxygen atoms in total. The van der Waals surface area contributed by atoms with Gasteiger partial charge in [0.25, 0.3) is 11.6 Å². The summed E-state index contributed by atoms with van der Waals surface area (Å²) in [4.78, 5) is 28.6. The molecule has 0 unspecified atom stereocenters. The van der Waals surface area contributed by atoms with Gasteiger partial charge in [0.15, 0.2) is 0 Å². The SMILES string of the molecule is O=C(c1cc(-c2ccc(F)cc2)nn1-c1cccc([N+](=O)[O-])c1)N1CCN(C/C=C/c2ccccc2)CC1. The molecule has 38 heavy (non-hydrogen) atoms. The van der Waals surface area contributed by atoms with Gasteiger partial charge in [-0.2, -0.15) is 5.10 Å². The number of rotatable bonds is 7. The maximum Gasteiger partial charge on any atom is 0.272 e. The van der Waals surface area contributed by atoms with Crippen molar-refractivity contribution in [3.05, 3.63) is 118 Å². The second-order valence-corrected chi connectivity index (χ2v) is 9.02. The molecule has 1 fully saturated rings. The molecule has 1 aromatic heterocycles. The summed E-state index contributed by atoms with van der Waals surface area (Å²) >= 11 is 0. The van der Waals surface area contributed by atoms with Crippen LogP contribution in [0.2, 0.25) is 0 Å². The molecule has 0 atom stereocenters. The second kappa shape index (κ2) is 11.2. The zero-order chi connectivity index (χ0) is 26.5. The highest BCUT2D eigenvalue weighted by Crippen LogP contribution is 2.25. The molecule has 2 heterocycles. The van der Waals surface area contributed by atoms with Crippen LogP contribution in [0.1, 0.15) is 16.1 Å². The molecule has 5 rings (SSSR count). The number of benzene rings is 3. The number of amides is 1. The number of nitrogens with zero attached hydrogens (tertiary/aromatic N) is 5. The number of nitro benzene ring substituents is 1. The van der Waals surface area contributed by atoms with E-state index in [4.69, 9.17) is 0 Å². The molecule has 9 heteroatoms. The summed E-state index contributed by atoms with van der Waals surface area (Å²) < 4.78 is 14.9. The molecule has 3 aromatic carbocycles. The number of piperazine rings is 1. The van der Waals surface area contributed by atoms with Crippen LogP contribution in [0.3, 0.4) is 0 Å². The van der Waals surface area contributed by atoms with Gasteiger partial charge >= 0.3 is 0 Å². The minimum absolute atomic E-state index is 0.100. The molecule has 0 bridgehead atoms. The predicted octanol–water partition coefficient (Wildman–Crippen LogP) is 5.06. The number of non-ortho nitro benzene ring substituents is 1. The average Bonchev–Trinajstić information content (AvgIpc) is 3.40. The lowest BCUT2D eigenvalue weighted by Crippen LogP contribution is -2.49. The minimum Gasteiger partial charge on any atom is -0.335 e. The fraction of sp³-hybridized carbons (Fsp3) is 0.172. The summed E-state index contributed by atoms with van der Waals surface area (Å²) in [5.41, 5.74) is 2.86. The van der Waals surface area contributed by atoms with E-state index in [9.17, 15) is 19.3 Å². The van der Waals surface area contributed by atoms with Gasteiger partial charge in [0.05, 0.1) is 16.3 Å². The van der Waals surface area contributed by atoms with Crippen LogP contribution in [0.25, 0.3) is 23.0 Å².